The number of imide groups is 1. The summed E-state index contributed by atoms with van der Waals surface area (Å²) in [6, 6.07) is 1.20. The summed E-state index contributed by atoms with van der Waals surface area (Å²) in [7, 11) is 0. The molecule has 1 saturated heterocycles. The van der Waals surface area contributed by atoms with Crippen molar-refractivity contribution in [1.82, 2.24) is 10.2 Å². The maximum atomic E-state index is 11.5. The predicted molar refractivity (Wildman–Crippen MR) is 49.1 cm³/mol. The first-order valence-corrected chi connectivity index (χ1v) is 4.61. The smallest absolute Gasteiger partial charge is 0.324 e. The number of amides is 3. The van der Waals surface area contributed by atoms with Crippen LogP contribution in [0.1, 0.15) is 20.3 Å². The van der Waals surface area contributed by atoms with Crippen LogP contribution < -0.4 is 5.32 Å². The third-order valence-electron chi connectivity index (χ3n) is 2.19. The number of nitrogens with zero attached hydrogens (tertiary/aromatic N) is 2. The molecule has 14 heavy (non-hydrogen) atoms. The number of nitrogens with one attached hydrogen (secondary N) is 1. The van der Waals surface area contributed by atoms with Crippen LogP contribution in [0, 0.1) is 17.2 Å². The number of urea groups is 1. The first-order valence-electron chi connectivity index (χ1n) is 4.61. The van der Waals surface area contributed by atoms with Crippen LogP contribution in [0.25, 0.3) is 0 Å². The average molecular weight is 195 g/mol. The van der Waals surface area contributed by atoms with Crippen molar-refractivity contribution < 1.29 is 9.59 Å². The highest BCUT2D eigenvalue weighted by Gasteiger charge is 2.37. The largest absolute Gasteiger partial charge is 0.326 e. The molecule has 5 heteroatoms. The molecule has 1 heterocycles. The molecule has 0 aliphatic carbocycles. The highest BCUT2D eigenvalue weighted by molar-refractivity contribution is 6.04. The summed E-state index contributed by atoms with van der Waals surface area (Å²) >= 11 is 0. The Labute approximate surface area is 82.7 Å². The minimum Gasteiger partial charge on any atom is -0.326 e. The van der Waals surface area contributed by atoms with Crippen LogP contribution in [0.5, 0.6) is 0 Å². The number of rotatable bonds is 3. The van der Waals surface area contributed by atoms with Crippen molar-refractivity contribution in [3.8, 4) is 6.07 Å². The molecule has 2 atom stereocenters. The van der Waals surface area contributed by atoms with Crippen molar-refractivity contribution in [2.75, 3.05) is 6.54 Å². The van der Waals surface area contributed by atoms with E-state index in [9.17, 15) is 9.59 Å². The normalized spacial score (nSPS) is 23.2. The summed E-state index contributed by atoms with van der Waals surface area (Å²) in [5.74, 6) is -0.542. The van der Waals surface area contributed by atoms with Gasteiger partial charge in [0.1, 0.15) is 6.04 Å². The van der Waals surface area contributed by atoms with Gasteiger partial charge in [-0.25, -0.2) is 4.79 Å². The maximum absolute atomic E-state index is 11.5. The Hall–Kier alpha value is -1.57. The number of hydrogen-bond donors (Lipinski definition) is 1. The van der Waals surface area contributed by atoms with Gasteiger partial charge < -0.3 is 5.32 Å². The standard InChI is InChI=1S/C9H13N3O2/c1-3-7-8(13)12(9(14)11-7)5-6(2)4-10/h6-7H,3,5H2,1-2H3,(H,11,14). The lowest BCUT2D eigenvalue weighted by Gasteiger charge is -2.13. The molecular weight excluding hydrogens is 182 g/mol. The molecule has 0 aromatic rings. The van der Waals surface area contributed by atoms with Gasteiger partial charge in [0.05, 0.1) is 12.0 Å². The van der Waals surface area contributed by atoms with E-state index < -0.39 is 6.04 Å². The minimum atomic E-state index is -0.409. The van der Waals surface area contributed by atoms with Gasteiger partial charge in [-0.1, -0.05) is 6.92 Å². The Morgan fingerprint density at radius 2 is 2.29 bits per heavy atom. The summed E-state index contributed by atoms with van der Waals surface area (Å²) in [4.78, 5) is 23.9. The van der Waals surface area contributed by atoms with Gasteiger partial charge in [-0.3, -0.25) is 9.69 Å². The molecule has 0 bridgehead atoms. The van der Waals surface area contributed by atoms with Gasteiger partial charge in [0.2, 0.25) is 0 Å². The summed E-state index contributed by atoms with van der Waals surface area (Å²) in [6.07, 6.45) is 0.585. The van der Waals surface area contributed by atoms with Crippen molar-refractivity contribution in [2.45, 2.75) is 26.3 Å². The second kappa shape index (κ2) is 4.09. The Bertz CT molecular complexity index is 295. The van der Waals surface area contributed by atoms with E-state index in [0.29, 0.717) is 6.42 Å². The van der Waals surface area contributed by atoms with Gasteiger partial charge in [0.25, 0.3) is 5.91 Å². The fraction of sp³-hybridized carbons (Fsp3) is 0.667. The van der Waals surface area contributed by atoms with Crippen LogP contribution in [-0.4, -0.2) is 29.4 Å². The topological polar surface area (TPSA) is 73.2 Å². The first kappa shape index (κ1) is 10.5. The fourth-order valence-electron chi connectivity index (χ4n) is 1.34. The predicted octanol–water partition coefficient (Wildman–Crippen LogP) is 0.476. The number of nitriles is 1. The van der Waals surface area contributed by atoms with Crippen molar-refractivity contribution in [2.24, 2.45) is 5.92 Å². The Morgan fingerprint density at radius 3 is 2.71 bits per heavy atom. The van der Waals surface area contributed by atoms with E-state index in [4.69, 9.17) is 5.26 Å². The van der Waals surface area contributed by atoms with Crippen LogP contribution in [0.15, 0.2) is 0 Å². The summed E-state index contributed by atoms with van der Waals surface area (Å²) in [5.41, 5.74) is 0. The zero-order chi connectivity index (χ0) is 10.7. The molecule has 0 radical (unpaired) electrons. The number of hydrogen-bond acceptors (Lipinski definition) is 3. The highest BCUT2D eigenvalue weighted by atomic mass is 16.2. The van der Waals surface area contributed by atoms with E-state index in [-0.39, 0.29) is 24.4 Å². The van der Waals surface area contributed by atoms with E-state index in [1.54, 1.807) is 6.92 Å². The van der Waals surface area contributed by atoms with Crippen LogP contribution in [0.3, 0.4) is 0 Å². The second-order valence-electron chi connectivity index (χ2n) is 3.39. The molecule has 0 saturated carbocycles. The highest BCUT2D eigenvalue weighted by Crippen LogP contribution is 2.11. The van der Waals surface area contributed by atoms with Crippen LogP contribution in [0.2, 0.25) is 0 Å². The Morgan fingerprint density at radius 1 is 1.64 bits per heavy atom. The van der Waals surface area contributed by atoms with Gasteiger partial charge in [-0.15, -0.1) is 0 Å². The molecule has 0 spiro atoms. The number of carbonyl (C=O) groups excluding carboxylic acids is 2. The van der Waals surface area contributed by atoms with Crippen LogP contribution >= 0.6 is 0 Å². The third kappa shape index (κ3) is 1.84. The zero-order valence-corrected chi connectivity index (χ0v) is 8.28. The molecule has 0 aromatic heterocycles. The molecule has 1 N–H and O–H groups in total. The lowest BCUT2D eigenvalue weighted by Crippen LogP contribution is -2.34. The molecule has 5 nitrogen and oxygen atoms in total. The van der Waals surface area contributed by atoms with E-state index in [0.717, 1.165) is 4.90 Å². The lowest BCUT2D eigenvalue weighted by atomic mass is 10.2. The second-order valence-corrected chi connectivity index (χ2v) is 3.39. The van der Waals surface area contributed by atoms with Crippen molar-refractivity contribution in [3.05, 3.63) is 0 Å². The molecule has 3 amide bonds. The van der Waals surface area contributed by atoms with Crippen molar-refractivity contribution in [3.63, 3.8) is 0 Å². The SMILES string of the molecule is CCC1NC(=O)N(CC(C)C#N)C1=O. The van der Waals surface area contributed by atoms with Gasteiger partial charge in [0.15, 0.2) is 0 Å². The molecule has 76 valence electrons. The molecule has 1 aliphatic heterocycles. The van der Waals surface area contributed by atoms with Crippen LogP contribution in [-0.2, 0) is 4.79 Å². The average Bonchev–Trinajstić information content (AvgIpc) is 2.44. The lowest BCUT2D eigenvalue weighted by molar-refractivity contribution is -0.127. The Kier molecular flexibility index (Phi) is 3.07. The number of carbonyl (C=O) groups is 2. The molecule has 1 rings (SSSR count). The zero-order valence-electron chi connectivity index (χ0n) is 8.28. The van der Waals surface area contributed by atoms with Crippen molar-refractivity contribution in [1.29, 1.82) is 5.26 Å². The molecule has 2 unspecified atom stereocenters. The first-order chi connectivity index (χ1) is 6.60. The molecule has 0 aromatic carbocycles. The van der Waals surface area contributed by atoms with E-state index in [1.807, 2.05) is 13.0 Å². The fourth-order valence-corrected chi connectivity index (χ4v) is 1.34. The van der Waals surface area contributed by atoms with Gasteiger partial charge >= 0.3 is 6.03 Å². The monoisotopic (exact) mass is 195 g/mol. The Balaban J connectivity index is 2.67. The quantitative estimate of drug-likeness (QED) is 0.665. The molecular formula is C9H13N3O2. The summed E-state index contributed by atoms with van der Waals surface area (Å²) in [6.45, 7) is 3.69. The third-order valence-corrected chi connectivity index (χ3v) is 2.19. The van der Waals surface area contributed by atoms with Crippen LogP contribution in [0.4, 0.5) is 4.79 Å². The maximum Gasteiger partial charge on any atom is 0.324 e. The van der Waals surface area contributed by atoms with Gasteiger partial charge in [-0.05, 0) is 13.3 Å². The van der Waals surface area contributed by atoms with Crippen molar-refractivity contribution >= 4 is 11.9 Å². The summed E-state index contributed by atoms with van der Waals surface area (Å²) in [5, 5.41) is 11.1. The minimum absolute atomic E-state index is 0.178. The van der Waals surface area contributed by atoms with E-state index >= 15 is 0 Å². The molecule has 1 fully saturated rings. The van der Waals surface area contributed by atoms with E-state index in [2.05, 4.69) is 5.32 Å². The van der Waals surface area contributed by atoms with E-state index in [1.165, 1.54) is 0 Å². The van der Waals surface area contributed by atoms with Gasteiger partial charge in [0, 0.05) is 6.54 Å². The van der Waals surface area contributed by atoms with Gasteiger partial charge in [-0.2, -0.15) is 5.26 Å². The summed E-state index contributed by atoms with van der Waals surface area (Å²) < 4.78 is 0. The molecule has 1 aliphatic rings.